The van der Waals surface area contributed by atoms with Crippen molar-refractivity contribution in [2.24, 2.45) is 5.92 Å². The zero-order valence-corrected chi connectivity index (χ0v) is 18.9. The van der Waals surface area contributed by atoms with Gasteiger partial charge in [0.25, 0.3) is 5.91 Å². The average molecular weight is 475 g/mol. The number of likely N-dealkylation sites (tertiary alicyclic amines) is 1. The fraction of sp³-hybridized carbons (Fsp3) is 0.391. The predicted molar refractivity (Wildman–Crippen MR) is 119 cm³/mol. The van der Waals surface area contributed by atoms with Gasteiger partial charge in [-0.2, -0.15) is 0 Å². The van der Waals surface area contributed by atoms with Gasteiger partial charge in [-0.15, -0.1) is 0 Å². The van der Waals surface area contributed by atoms with E-state index in [9.17, 15) is 9.59 Å². The third-order valence-corrected chi connectivity index (χ3v) is 6.24. The van der Waals surface area contributed by atoms with Crippen molar-refractivity contribution >= 4 is 27.7 Å². The van der Waals surface area contributed by atoms with Crippen molar-refractivity contribution < 1.29 is 19.1 Å². The molecule has 0 radical (unpaired) electrons. The highest BCUT2D eigenvalue weighted by Gasteiger charge is 2.23. The molecule has 1 saturated heterocycles. The molecular weight excluding hydrogens is 448 g/mol. The molecule has 1 aliphatic heterocycles. The standard InChI is InChI=1S/C23H27BrN2O4/c1-29-20-8-7-18(13-21(20)30-2)23(28)25-15-16-9-11-26(12-10-16)22(27)14-17-5-3-4-6-19(17)24/h3-8,13,16H,9-12,14-15H2,1-2H3,(H,25,28). The van der Waals surface area contributed by atoms with Gasteiger partial charge in [-0.25, -0.2) is 0 Å². The van der Waals surface area contributed by atoms with E-state index in [-0.39, 0.29) is 11.8 Å². The summed E-state index contributed by atoms with van der Waals surface area (Å²) in [5, 5.41) is 3.00. The number of rotatable bonds is 7. The lowest BCUT2D eigenvalue weighted by Crippen LogP contribution is -2.42. The topological polar surface area (TPSA) is 67.9 Å². The summed E-state index contributed by atoms with van der Waals surface area (Å²) >= 11 is 3.50. The van der Waals surface area contributed by atoms with Gasteiger partial charge >= 0.3 is 0 Å². The number of amides is 2. The van der Waals surface area contributed by atoms with Crippen LogP contribution in [0.3, 0.4) is 0 Å². The molecule has 0 saturated carbocycles. The van der Waals surface area contributed by atoms with Crippen LogP contribution in [0.25, 0.3) is 0 Å². The van der Waals surface area contributed by atoms with E-state index in [0.29, 0.717) is 35.9 Å². The molecule has 6 nitrogen and oxygen atoms in total. The number of hydrogen-bond acceptors (Lipinski definition) is 4. The molecule has 1 N–H and O–H groups in total. The Hall–Kier alpha value is -2.54. The molecule has 7 heteroatoms. The van der Waals surface area contributed by atoms with Crippen molar-refractivity contribution in [2.75, 3.05) is 33.9 Å². The number of hydrogen-bond donors (Lipinski definition) is 1. The molecule has 1 heterocycles. The fourth-order valence-electron chi connectivity index (χ4n) is 3.62. The van der Waals surface area contributed by atoms with Crippen LogP contribution in [0.5, 0.6) is 11.5 Å². The highest BCUT2D eigenvalue weighted by molar-refractivity contribution is 9.10. The fourth-order valence-corrected chi connectivity index (χ4v) is 4.04. The van der Waals surface area contributed by atoms with Crippen LogP contribution >= 0.6 is 15.9 Å². The van der Waals surface area contributed by atoms with Crippen LogP contribution in [0.15, 0.2) is 46.9 Å². The molecule has 0 spiro atoms. The molecular formula is C23H27BrN2O4. The van der Waals surface area contributed by atoms with Crippen molar-refractivity contribution in [1.29, 1.82) is 0 Å². The minimum Gasteiger partial charge on any atom is -0.493 e. The van der Waals surface area contributed by atoms with E-state index in [1.807, 2.05) is 29.2 Å². The third kappa shape index (κ3) is 5.53. The van der Waals surface area contributed by atoms with Crippen LogP contribution in [-0.4, -0.2) is 50.6 Å². The summed E-state index contributed by atoms with van der Waals surface area (Å²) in [6.07, 6.45) is 2.17. The first-order chi connectivity index (χ1) is 14.5. The predicted octanol–water partition coefficient (Wildman–Crippen LogP) is 3.68. The minimum absolute atomic E-state index is 0.136. The molecule has 0 unspecified atom stereocenters. The molecule has 0 aliphatic carbocycles. The zero-order chi connectivity index (χ0) is 21.5. The Balaban J connectivity index is 1.46. The molecule has 0 bridgehead atoms. The number of methoxy groups -OCH3 is 2. The summed E-state index contributed by atoms with van der Waals surface area (Å²) < 4.78 is 11.4. The Morgan fingerprint density at radius 3 is 2.43 bits per heavy atom. The summed E-state index contributed by atoms with van der Waals surface area (Å²) in [4.78, 5) is 27.0. The van der Waals surface area contributed by atoms with Crippen LogP contribution in [0.1, 0.15) is 28.8 Å². The second-order valence-electron chi connectivity index (χ2n) is 7.37. The minimum atomic E-state index is -0.136. The summed E-state index contributed by atoms with van der Waals surface area (Å²) in [6, 6.07) is 12.9. The summed E-state index contributed by atoms with van der Waals surface area (Å²) in [7, 11) is 3.11. The highest BCUT2D eigenvalue weighted by Crippen LogP contribution is 2.27. The lowest BCUT2D eigenvalue weighted by atomic mass is 9.96. The molecule has 30 heavy (non-hydrogen) atoms. The average Bonchev–Trinajstić information content (AvgIpc) is 2.78. The van der Waals surface area contributed by atoms with E-state index < -0.39 is 0 Å². The Morgan fingerprint density at radius 1 is 1.07 bits per heavy atom. The van der Waals surface area contributed by atoms with E-state index in [2.05, 4.69) is 21.2 Å². The van der Waals surface area contributed by atoms with Crippen molar-refractivity contribution in [3.05, 3.63) is 58.1 Å². The number of carbonyl (C=O) groups is 2. The normalized spacial score (nSPS) is 14.3. The van der Waals surface area contributed by atoms with Gasteiger partial charge in [0.05, 0.1) is 20.6 Å². The van der Waals surface area contributed by atoms with Crippen molar-refractivity contribution in [3.8, 4) is 11.5 Å². The molecule has 2 aromatic rings. The van der Waals surface area contributed by atoms with Crippen molar-refractivity contribution in [3.63, 3.8) is 0 Å². The first-order valence-corrected chi connectivity index (χ1v) is 10.8. The van der Waals surface area contributed by atoms with Crippen LogP contribution in [0, 0.1) is 5.92 Å². The lowest BCUT2D eigenvalue weighted by molar-refractivity contribution is -0.131. The Kier molecular flexibility index (Phi) is 7.74. The number of nitrogens with one attached hydrogen (secondary N) is 1. The summed E-state index contributed by atoms with van der Waals surface area (Å²) in [5.41, 5.74) is 1.54. The Bertz CT molecular complexity index is 895. The molecule has 1 fully saturated rings. The zero-order valence-electron chi connectivity index (χ0n) is 17.3. The van der Waals surface area contributed by atoms with E-state index in [1.54, 1.807) is 32.4 Å². The number of halogens is 1. The summed E-state index contributed by atoms with van der Waals surface area (Å²) in [5.74, 6) is 1.50. The van der Waals surface area contributed by atoms with E-state index >= 15 is 0 Å². The van der Waals surface area contributed by atoms with Gasteiger partial charge in [0, 0.05) is 29.7 Å². The van der Waals surface area contributed by atoms with E-state index in [4.69, 9.17) is 9.47 Å². The first kappa shape index (κ1) is 22.2. The van der Waals surface area contributed by atoms with E-state index in [0.717, 1.165) is 36.0 Å². The maximum atomic E-state index is 12.6. The second kappa shape index (κ2) is 10.5. The van der Waals surface area contributed by atoms with Gasteiger partial charge < -0.3 is 19.7 Å². The number of ether oxygens (including phenoxy) is 2. The SMILES string of the molecule is COc1ccc(C(=O)NCC2CCN(C(=O)Cc3ccccc3Br)CC2)cc1OC. The largest absolute Gasteiger partial charge is 0.493 e. The Labute approximate surface area is 185 Å². The number of piperidine rings is 1. The second-order valence-corrected chi connectivity index (χ2v) is 8.23. The van der Waals surface area contributed by atoms with Gasteiger partial charge in [0.1, 0.15) is 0 Å². The van der Waals surface area contributed by atoms with Crippen molar-refractivity contribution in [1.82, 2.24) is 10.2 Å². The molecule has 2 aromatic carbocycles. The number of benzene rings is 2. The quantitative estimate of drug-likeness (QED) is 0.664. The highest BCUT2D eigenvalue weighted by atomic mass is 79.9. The first-order valence-electron chi connectivity index (χ1n) is 10.0. The van der Waals surface area contributed by atoms with Gasteiger partial charge in [0.2, 0.25) is 5.91 Å². The lowest BCUT2D eigenvalue weighted by Gasteiger charge is -2.32. The van der Waals surface area contributed by atoms with Gasteiger partial charge in [-0.3, -0.25) is 9.59 Å². The monoisotopic (exact) mass is 474 g/mol. The van der Waals surface area contributed by atoms with Gasteiger partial charge in [-0.1, -0.05) is 34.1 Å². The third-order valence-electron chi connectivity index (χ3n) is 5.46. The number of carbonyl (C=O) groups excluding carboxylic acids is 2. The smallest absolute Gasteiger partial charge is 0.251 e. The number of nitrogens with zero attached hydrogens (tertiary/aromatic N) is 1. The molecule has 0 aromatic heterocycles. The maximum absolute atomic E-state index is 12.6. The Morgan fingerprint density at radius 2 is 1.77 bits per heavy atom. The van der Waals surface area contributed by atoms with Crippen LogP contribution in [0.4, 0.5) is 0 Å². The van der Waals surface area contributed by atoms with E-state index in [1.165, 1.54) is 0 Å². The van der Waals surface area contributed by atoms with Crippen LogP contribution in [-0.2, 0) is 11.2 Å². The van der Waals surface area contributed by atoms with Gasteiger partial charge in [0.15, 0.2) is 11.5 Å². The molecule has 3 rings (SSSR count). The maximum Gasteiger partial charge on any atom is 0.251 e. The van der Waals surface area contributed by atoms with Crippen molar-refractivity contribution in [2.45, 2.75) is 19.3 Å². The molecule has 2 amide bonds. The van der Waals surface area contributed by atoms with Crippen LogP contribution < -0.4 is 14.8 Å². The van der Waals surface area contributed by atoms with Gasteiger partial charge in [-0.05, 0) is 48.6 Å². The molecule has 160 valence electrons. The molecule has 1 aliphatic rings. The molecule has 0 atom stereocenters. The summed E-state index contributed by atoms with van der Waals surface area (Å²) in [6.45, 7) is 2.04. The van der Waals surface area contributed by atoms with Crippen LogP contribution in [0.2, 0.25) is 0 Å².